The summed E-state index contributed by atoms with van der Waals surface area (Å²) in [4.78, 5) is 13.2. The summed E-state index contributed by atoms with van der Waals surface area (Å²) in [5.74, 6) is -0.911. The molecule has 1 fully saturated rings. The van der Waals surface area contributed by atoms with Crippen LogP contribution in [-0.2, 0) is 21.4 Å². The maximum Gasteiger partial charge on any atom is 0.304 e. The van der Waals surface area contributed by atoms with Crippen LogP contribution in [-0.4, -0.2) is 60.1 Å². The minimum Gasteiger partial charge on any atom is -0.481 e. The summed E-state index contributed by atoms with van der Waals surface area (Å²) in [7, 11) is -3.31. The Balaban J connectivity index is 2.20. The molecule has 22 heavy (non-hydrogen) atoms. The first kappa shape index (κ1) is 16.9. The monoisotopic (exact) mass is 326 g/mol. The van der Waals surface area contributed by atoms with Crippen LogP contribution in [0.3, 0.4) is 0 Å². The molecule has 2 rings (SSSR count). The minimum atomic E-state index is -3.31. The van der Waals surface area contributed by atoms with Crippen LogP contribution >= 0.6 is 0 Å². The Bertz CT molecular complexity index is 618. The largest absolute Gasteiger partial charge is 0.481 e. The predicted octanol–water partition coefficient (Wildman–Crippen LogP) is 0.996. The molecule has 7 heteroatoms. The van der Waals surface area contributed by atoms with Crippen molar-refractivity contribution in [3.05, 3.63) is 35.9 Å². The van der Waals surface area contributed by atoms with E-state index in [2.05, 4.69) is 4.90 Å². The molecule has 0 saturated carbocycles. The lowest BCUT2D eigenvalue weighted by Crippen LogP contribution is -2.58. The van der Waals surface area contributed by atoms with Crippen LogP contribution < -0.4 is 0 Å². The van der Waals surface area contributed by atoms with Crippen LogP contribution in [0.2, 0.25) is 0 Å². The molecule has 1 N–H and O–H groups in total. The van der Waals surface area contributed by atoms with E-state index in [1.165, 1.54) is 10.6 Å². The van der Waals surface area contributed by atoms with Gasteiger partial charge in [0.25, 0.3) is 0 Å². The predicted molar refractivity (Wildman–Crippen MR) is 83.9 cm³/mol. The number of hydrogen-bond donors (Lipinski definition) is 1. The second-order valence-electron chi connectivity index (χ2n) is 5.84. The Labute approximate surface area is 131 Å². The molecule has 0 bridgehead atoms. The van der Waals surface area contributed by atoms with Gasteiger partial charge >= 0.3 is 5.97 Å². The van der Waals surface area contributed by atoms with E-state index in [1.807, 2.05) is 37.3 Å². The van der Waals surface area contributed by atoms with E-state index in [4.69, 9.17) is 5.11 Å². The zero-order chi connectivity index (χ0) is 16.3. The number of carboxylic acids is 1. The van der Waals surface area contributed by atoms with E-state index in [0.29, 0.717) is 13.1 Å². The van der Waals surface area contributed by atoms with E-state index in [0.717, 1.165) is 5.56 Å². The van der Waals surface area contributed by atoms with Gasteiger partial charge in [0.15, 0.2) is 0 Å². The van der Waals surface area contributed by atoms with Crippen LogP contribution in [0.5, 0.6) is 0 Å². The molecule has 1 aliphatic rings. The van der Waals surface area contributed by atoms with Gasteiger partial charge in [-0.2, -0.15) is 4.31 Å². The smallest absolute Gasteiger partial charge is 0.304 e. The van der Waals surface area contributed by atoms with Crippen molar-refractivity contribution in [1.82, 2.24) is 9.21 Å². The van der Waals surface area contributed by atoms with Crippen molar-refractivity contribution in [3.63, 3.8) is 0 Å². The topological polar surface area (TPSA) is 77.9 Å². The van der Waals surface area contributed by atoms with Gasteiger partial charge in [0.1, 0.15) is 0 Å². The lowest BCUT2D eigenvalue weighted by Gasteiger charge is -2.44. The third-order valence-electron chi connectivity index (χ3n) is 4.00. The number of rotatable bonds is 5. The van der Waals surface area contributed by atoms with Crippen LogP contribution in [0, 0.1) is 0 Å². The Kier molecular flexibility index (Phi) is 5.20. The van der Waals surface area contributed by atoms with Crippen LogP contribution in [0.25, 0.3) is 0 Å². The lowest BCUT2D eigenvalue weighted by molar-refractivity contribution is -0.139. The van der Waals surface area contributed by atoms with Crippen LogP contribution in [0.4, 0.5) is 0 Å². The highest BCUT2D eigenvalue weighted by molar-refractivity contribution is 7.88. The molecule has 1 saturated heterocycles. The first-order chi connectivity index (χ1) is 10.3. The van der Waals surface area contributed by atoms with Gasteiger partial charge in [0.2, 0.25) is 10.0 Å². The lowest BCUT2D eigenvalue weighted by atomic mass is 10.0. The third-order valence-corrected chi connectivity index (χ3v) is 5.24. The van der Waals surface area contributed by atoms with E-state index >= 15 is 0 Å². The van der Waals surface area contributed by atoms with Crippen LogP contribution in [0.15, 0.2) is 30.3 Å². The summed E-state index contributed by atoms with van der Waals surface area (Å²) >= 11 is 0. The summed E-state index contributed by atoms with van der Waals surface area (Å²) in [6, 6.07) is 9.45. The molecule has 0 aromatic heterocycles. The first-order valence-corrected chi connectivity index (χ1v) is 9.09. The third kappa shape index (κ3) is 4.28. The standard InChI is InChI=1S/C15H22N2O4S/c1-12-9-16(22(2,20)21)11-14(8-15(18)19)17(12)10-13-6-4-3-5-7-13/h3-7,12,14H,8-11H2,1-2H3,(H,18,19)/t12-,14+/m1/s1. The Morgan fingerprint density at radius 1 is 1.27 bits per heavy atom. The normalized spacial score (nSPS) is 24.3. The number of piperazine rings is 1. The summed E-state index contributed by atoms with van der Waals surface area (Å²) in [6.07, 6.45) is 1.10. The van der Waals surface area contributed by atoms with Gasteiger partial charge < -0.3 is 5.11 Å². The molecule has 0 amide bonds. The molecular formula is C15H22N2O4S. The fourth-order valence-electron chi connectivity index (χ4n) is 2.91. The molecule has 0 spiro atoms. The summed E-state index contributed by atoms with van der Waals surface area (Å²) in [5, 5.41) is 9.13. The highest BCUT2D eigenvalue weighted by Crippen LogP contribution is 2.22. The van der Waals surface area contributed by atoms with Gasteiger partial charge in [-0.3, -0.25) is 9.69 Å². The molecule has 6 nitrogen and oxygen atoms in total. The van der Waals surface area contributed by atoms with Crippen molar-refractivity contribution in [1.29, 1.82) is 0 Å². The van der Waals surface area contributed by atoms with E-state index in [-0.39, 0.29) is 25.0 Å². The van der Waals surface area contributed by atoms with E-state index in [1.54, 1.807) is 0 Å². The van der Waals surface area contributed by atoms with E-state index < -0.39 is 16.0 Å². The van der Waals surface area contributed by atoms with Gasteiger partial charge in [-0.05, 0) is 12.5 Å². The Morgan fingerprint density at radius 2 is 1.91 bits per heavy atom. The minimum absolute atomic E-state index is 0.0342. The zero-order valence-corrected chi connectivity index (χ0v) is 13.7. The van der Waals surface area contributed by atoms with Crippen molar-refractivity contribution in [2.75, 3.05) is 19.3 Å². The maximum absolute atomic E-state index is 11.8. The second kappa shape index (κ2) is 6.76. The van der Waals surface area contributed by atoms with Crippen molar-refractivity contribution in [3.8, 4) is 0 Å². The summed E-state index contributed by atoms with van der Waals surface area (Å²) < 4.78 is 25.0. The Morgan fingerprint density at radius 3 is 2.45 bits per heavy atom. The average Bonchev–Trinajstić information content (AvgIpc) is 2.42. The molecule has 0 aliphatic carbocycles. The number of nitrogens with zero attached hydrogens (tertiary/aromatic N) is 2. The molecular weight excluding hydrogens is 304 g/mol. The maximum atomic E-state index is 11.8. The SMILES string of the molecule is C[C@@H]1CN(S(C)(=O)=O)C[C@H](CC(=O)O)N1Cc1ccccc1. The summed E-state index contributed by atoms with van der Waals surface area (Å²) in [5.41, 5.74) is 1.09. The van der Waals surface area contributed by atoms with Gasteiger partial charge in [-0.25, -0.2) is 8.42 Å². The van der Waals surface area contributed by atoms with Gasteiger partial charge in [0, 0.05) is 31.7 Å². The first-order valence-electron chi connectivity index (χ1n) is 7.24. The molecule has 0 radical (unpaired) electrons. The van der Waals surface area contributed by atoms with Gasteiger partial charge in [-0.15, -0.1) is 0 Å². The van der Waals surface area contributed by atoms with Crippen molar-refractivity contribution in [2.24, 2.45) is 0 Å². The highest BCUT2D eigenvalue weighted by Gasteiger charge is 2.36. The van der Waals surface area contributed by atoms with Crippen molar-refractivity contribution in [2.45, 2.75) is 32.0 Å². The highest BCUT2D eigenvalue weighted by atomic mass is 32.2. The number of benzene rings is 1. The Hall–Kier alpha value is -1.44. The molecule has 122 valence electrons. The number of aliphatic carboxylic acids is 1. The van der Waals surface area contributed by atoms with Gasteiger partial charge in [0.05, 0.1) is 12.7 Å². The summed E-state index contributed by atoms with van der Waals surface area (Å²) in [6.45, 7) is 3.18. The fraction of sp³-hybridized carbons (Fsp3) is 0.533. The van der Waals surface area contributed by atoms with Crippen LogP contribution in [0.1, 0.15) is 18.9 Å². The zero-order valence-electron chi connectivity index (χ0n) is 12.8. The molecule has 2 atom stereocenters. The van der Waals surface area contributed by atoms with Gasteiger partial charge in [-0.1, -0.05) is 30.3 Å². The molecule has 1 heterocycles. The quantitative estimate of drug-likeness (QED) is 0.873. The average molecular weight is 326 g/mol. The molecule has 1 aromatic carbocycles. The number of carboxylic acid groups (broad SMARTS) is 1. The number of sulfonamides is 1. The van der Waals surface area contributed by atoms with E-state index in [9.17, 15) is 13.2 Å². The van der Waals surface area contributed by atoms with Crippen molar-refractivity contribution < 1.29 is 18.3 Å². The number of hydrogen-bond acceptors (Lipinski definition) is 4. The second-order valence-corrected chi connectivity index (χ2v) is 7.82. The molecule has 1 aliphatic heterocycles. The number of carbonyl (C=O) groups is 1. The molecule has 1 aromatic rings. The fourth-order valence-corrected chi connectivity index (χ4v) is 3.84. The molecule has 0 unspecified atom stereocenters. The van der Waals surface area contributed by atoms with Crippen molar-refractivity contribution >= 4 is 16.0 Å².